The van der Waals surface area contributed by atoms with Crippen molar-refractivity contribution in [3.63, 3.8) is 0 Å². The van der Waals surface area contributed by atoms with E-state index in [1.807, 2.05) is 11.3 Å². The van der Waals surface area contributed by atoms with Gasteiger partial charge in [-0.2, -0.15) is 0 Å². The van der Waals surface area contributed by atoms with Gasteiger partial charge in [0.2, 0.25) is 0 Å². The van der Waals surface area contributed by atoms with Gasteiger partial charge in [-0.15, -0.1) is 11.3 Å². The molecule has 0 spiro atoms. The lowest BCUT2D eigenvalue weighted by atomic mass is 9.81. The van der Waals surface area contributed by atoms with Gasteiger partial charge in [-0.25, -0.2) is 0 Å². The first-order chi connectivity index (χ1) is 9.62. The summed E-state index contributed by atoms with van der Waals surface area (Å²) >= 11 is 1.90. The molecule has 20 heavy (non-hydrogen) atoms. The Labute approximate surface area is 127 Å². The molecular weight excluding hydrogens is 264 g/mol. The van der Waals surface area contributed by atoms with Crippen molar-refractivity contribution in [1.82, 2.24) is 10.2 Å². The first-order valence-corrected chi connectivity index (χ1v) is 9.02. The topological polar surface area (TPSA) is 15.3 Å². The predicted octanol–water partition coefficient (Wildman–Crippen LogP) is 3.88. The molecule has 0 bridgehead atoms. The van der Waals surface area contributed by atoms with Gasteiger partial charge in [0.05, 0.1) is 0 Å². The van der Waals surface area contributed by atoms with Gasteiger partial charge in [0.15, 0.2) is 0 Å². The van der Waals surface area contributed by atoms with Crippen LogP contribution in [0, 0.1) is 5.92 Å². The molecule has 1 aromatic heterocycles. The molecule has 1 aromatic rings. The van der Waals surface area contributed by atoms with E-state index >= 15 is 0 Å². The summed E-state index contributed by atoms with van der Waals surface area (Å²) in [6.45, 7) is 10.6. The van der Waals surface area contributed by atoms with Gasteiger partial charge in [0.25, 0.3) is 0 Å². The largest absolute Gasteiger partial charge is 0.308 e. The van der Waals surface area contributed by atoms with Gasteiger partial charge < -0.3 is 5.32 Å². The highest BCUT2D eigenvalue weighted by atomic mass is 32.1. The molecule has 2 fully saturated rings. The molecule has 0 radical (unpaired) electrons. The van der Waals surface area contributed by atoms with Crippen molar-refractivity contribution >= 4 is 11.3 Å². The number of hydrogen-bond donors (Lipinski definition) is 1. The number of rotatable bonds is 5. The smallest absolute Gasteiger partial charge is 0.0334 e. The maximum Gasteiger partial charge on any atom is 0.0334 e. The van der Waals surface area contributed by atoms with E-state index in [0.29, 0.717) is 11.1 Å². The van der Waals surface area contributed by atoms with E-state index in [4.69, 9.17) is 0 Å². The lowest BCUT2D eigenvalue weighted by molar-refractivity contribution is -0.00902. The molecule has 1 N–H and O–H groups in total. The average Bonchev–Trinajstić information content (AvgIpc) is 3.20. The van der Waals surface area contributed by atoms with Crippen molar-refractivity contribution in [2.75, 3.05) is 13.1 Å². The van der Waals surface area contributed by atoms with Crippen molar-refractivity contribution < 1.29 is 0 Å². The monoisotopic (exact) mass is 292 g/mol. The highest BCUT2D eigenvalue weighted by molar-refractivity contribution is 7.09. The molecule has 0 aromatic carbocycles. The van der Waals surface area contributed by atoms with Crippen LogP contribution in [0.3, 0.4) is 0 Å². The number of nitrogens with zero attached hydrogens (tertiary/aromatic N) is 1. The third-order valence-corrected chi connectivity index (χ3v) is 6.59. The Morgan fingerprint density at radius 3 is 2.65 bits per heavy atom. The molecule has 2 nitrogen and oxygen atoms in total. The minimum atomic E-state index is 0.338. The Kier molecular flexibility index (Phi) is 3.95. The maximum absolute atomic E-state index is 3.92. The molecule has 1 atom stereocenters. The fourth-order valence-electron chi connectivity index (χ4n) is 3.85. The molecule has 112 valence electrons. The van der Waals surface area contributed by atoms with Gasteiger partial charge in [-0.1, -0.05) is 19.9 Å². The van der Waals surface area contributed by atoms with Gasteiger partial charge in [-0.3, -0.25) is 4.90 Å². The van der Waals surface area contributed by atoms with Crippen molar-refractivity contribution in [2.24, 2.45) is 5.92 Å². The maximum atomic E-state index is 3.92. The minimum absolute atomic E-state index is 0.338. The van der Waals surface area contributed by atoms with Crippen LogP contribution in [0.2, 0.25) is 0 Å². The van der Waals surface area contributed by atoms with Crippen LogP contribution < -0.4 is 5.32 Å². The second kappa shape index (κ2) is 5.43. The molecule has 3 rings (SSSR count). The fourth-order valence-corrected chi connectivity index (χ4v) is 4.57. The zero-order valence-electron chi connectivity index (χ0n) is 13.1. The van der Waals surface area contributed by atoms with E-state index in [1.54, 1.807) is 0 Å². The highest BCUT2D eigenvalue weighted by Crippen LogP contribution is 2.44. The van der Waals surface area contributed by atoms with Gasteiger partial charge in [0.1, 0.15) is 0 Å². The van der Waals surface area contributed by atoms with Crippen LogP contribution in [-0.2, 0) is 6.54 Å². The van der Waals surface area contributed by atoms with E-state index in [-0.39, 0.29) is 0 Å². The van der Waals surface area contributed by atoms with E-state index in [9.17, 15) is 0 Å². The van der Waals surface area contributed by atoms with Crippen LogP contribution in [0.5, 0.6) is 0 Å². The van der Waals surface area contributed by atoms with Crippen LogP contribution in [0.15, 0.2) is 17.5 Å². The van der Waals surface area contributed by atoms with E-state index in [0.717, 1.165) is 19.0 Å². The molecule has 1 aliphatic carbocycles. The second-order valence-electron chi connectivity index (χ2n) is 6.91. The predicted molar refractivity (Wildman–Crippen MR) is 87.2 cm³/mol. The lowest BCUT2D eigenvalue weighted by Crippen LogP contribution is -2.69. The summed E-state index contributed by atoms with van der Waals surface area (Å²) in [5.74, 6) is 0.903. The summed E-state index contributed by atoms with van der Waals surface area (Å²) in [5.41, 5.74) is 0.684. The molecule has 1 saturated carbocycles. The van der Waals surface area contributed by atoms with Crippen LogP contribution in [0.1, 0.15) is 51.3 Å². The van der Waals surface area contributed by atoms with Crippen LogP contribution in [-0.4, -0.2) is 29.1 Å². The van der Waals surface area contributed by atoms with Gasteiger partial charge in [-0.05, 0) is 50.0 Å². The quantitative estimate of drug-likeness (QED) is 0.886. The van der Waals surface area contributed by atoms with Crippen LogP contribution in [0.4, 0.5) is 0 Å². The third-order valence-electron chi connectivity index (χ3n) is 5.73. The molecule has 1 unspecified atom stereocenters. The van der Waals surface area contributed by atoms with E-state index < -0.39 is 0 Å². The average molecular weight is 292 g/mol. The van der Waals surface area contributed by atoms with Crippen LogP contribution in [0.25, 0.3) is 0 Å². The van der Waals surface area contributed by atoms with E-state index in [2.05, 4.69) is 48.5 Å². The van der Waals surface area contributed by atoms with Gasteiger partial charge >= 0.3 is 0 Å². The Hall–Kier alpha value is -0.380. The summed E-state index contributed by atoms with van der Waals surface area (Å²) < 4.78 is 0. The molecule has 2 aliphatic rings. The zero-order valence-corrected chi connectivity index (χ0v) is 13.9. The Morgan fingerprint density at radius 2 is 2.10 bits per heavy atom. The Balaban J connectivity index is 1.81. The lowest BCUT2D eigenvalue weighted by Gasteiger charge is -2.54. The normalized spacial score (nSPS) is 30.6. The van der Waals surface area contributed by atoms with Crippen molar-refractivity contribution in [3.8, 4) is 0 Å². The molecule has 1 saturated heterocycles. The Bertz CT molecular complexity index is 434. The minimum Gasteiger partial charge on any atom is -0.308 e. The van der Waals surface area contributed by atoms with Crippen molar-refractivity contribution in [3.05, 3.63) is 22.4 Å². The number of hydrogen-bond acceptors (Lipinski definition) is 3. The Morgan fingerprint density at radius 1 is 1.35 bits per heavy atom. The third kappa shape index (κ3) is 2.56. The van der Waals surface area contributed by atoms with Crippen LogP contribution >= 0.6 is 11.3 Å². The SMILES string of the molecule is CCC1(CC)CNC(C)(C2CC2)CN1Cc1cccs1. The first kappa shape index (κ1) is 14.6. The van der Waals surface area contributed by atoms with Crippen molar-refractivity contribution in [2.45, 2.75) is 64.1 Å². The second-order valence-corrected chi connectivity index (χ2v) is 7.94. The standard InChI is InChI=1S/C17H28N2S/c1-4-17(5-2)12-18-16(3,14-8-9-14)13-19(17)11-15-7-6-10-20-15/h6-7,10,14,18H,4-5,8-9,11-13H2,1-3H3. The summed E-state index contributed by atoms with van der Waals surface area (Å²) in [6, 6.07) is 4.47. The summed E-state index contributed by atoms with van der Waals surface area (Å²) in [4.78, 5) is 4.30. The first-order valence-electron chi connectivity index (χ1n) is 8.14. The summed E-state index contributed by atoms with van der Waals surface area (Å²) in [5, 5.41) is 6.13. The molecule has 0 amide bonds. The fraction of sp³-hybridized carbons (Fsp3) is 0.765. The van der Waals surface area contributed by atoms with E-state index in [1.165, 1.54) is 37.1 Å². The number of piperazine rings is 1. The van der Waals surface area contributed by atoms with Gasteiger partial charge in [0, 0.05) is 35.6 Å². The van der Waals surface area contributed by atoms with Crippen molar-refractivity contribution in [1.29, 1.82) is 0 Å². The highest BCUT2D eigenvalue weighted by Gasteiger charge is 2.49. The molecule has 2 heterocycles. The number of thiophene rings is 1. The molecule has 1 aliphatic heterocycles. The molecular formula is C17H28N2S. The molecule has 3 heteroatoms. The number of nitrogens with one attached hydrogen (secondary N) is 1. The zero-order chi connectivity index (χ0) is 14.2. The summed E-state index contributed by atoms with van der Waals surface area (Å²) in [6.07, 6.45) is 5.31. The summed E-state index contributed by atoms with van der Waals surface area (Å²) in [7, 11) is 0.